The van der Waals surface area contributed by atoms with E-state index >= 15 is 0 Å². The lowest BCUT2D eigenvalue weighted by Gasteiger charge is -2.15. The number of carbonyl (C=O) groups excluding carboxylic acids is 1. The van der Waals surface area contributed by atoms with Crippen molar-refractivity contribution in [3.63, 3.8) is 0 Å². The number of ether oxygens (including phenoxy) is 1. The van der Waals surface area contributed by atoms with Crippen molar-refractivity contribution in [3.05, 3.63) is 86.9 Å². The summed E-state index contributed by atoms with van der Waals surface area (Å²) < 4.78 is 6.02. The van der Waals surface area contributed by atoms with E-state index in [0.717, 1.165) is 22.5 Å². The maximum atomic E-state index is 12.0. The fourth-order valence-electron chi connectivity index (χ4n) is 3.11. The molecule has 0 saturated heterocycles. The van der Waals surface area contributed by atoms with Gasteiger partial charge in [-0.1, -0.05) is 60.8 Å². The maximum absolute atomic E-state index is 12.0. The largest absolute Gasteiger partial charge is 0.488 e. The molecule has 3 aromatic carbocycles. The normalized spacial score (nSPS) is 10.8. The highest BCUT2D eigenvalue weighted by atomic mass is 35.5. The maximum Gasteiger partial charge on any atom is 0.224 e. The van der Waals surface area contributed by atoms with Crippen molar-refractivity contribution in [3.8, 4) is 5.75 Å². The van der Waals surface area contributed by atoms with Crippen molar-refractivity contribution in [1.82, 2.24) is 0 Å². The molecule has 1 amide bonds. The van der Waals surface area contributed by atoms with Gasteiger partial charge >= 0.3 is 0 Å². The number of halogens is 3. The van der Waals surface area contributed by atoms with Gasteiger partial charge in [-0.2, -0.15) is 0 Å². The molecule has 0 saturated carbocycles. The smallest absolute Gasteiger partial charge is 0.224 e. The van der Waals surface area contributed by atoms with Gasteiger partial charge in [-0.3, -0.25) is 4.79 Å². The summed E-state index contributed by atoms with van der Waals surface area (Å²) in [6, 6.07) is 18.4. The minimum absolute atomic E-state index is 0.00328. The first-order valence-electron chi connectivity index (χ1n) is 10.3. The van der Waals surface area contributed by atoms with Crippen LogP contribution in [0.3, 0.4) is 0 Å². The first-order chi connectivity index (χ1) is 15.3. The minimum Gasteiger partial charge on any atom is -0.488 e. The van der Waals surface area contributed by atoms with Crippen LogP contribution in [0.2, 0.25) is 15.1 Å². The zero-order valence-electron chi connectivity index (χ0n) is 17.9. The number of amides is 1. The van der Waals surface area contributed by atoms with E-state index in [1.165, 1.54) is 0 Å². The van der Waals surface area contributed by atoms with Gasteiger partial charge in [0.05, 0.1) is 0 Å². The van der Waals surface area contributed by atoms with Crippen molar-refractivity contribution < 1.29 is 9.53 Å². The number of benzene rings is 3. The molecule has 7 heteroatoms. The molecule has 0 aliphatic rings. The van der Waals surface area contributed by atoms with Crippen LogP contribution in [0.15, 0.2) is 60.7 Å². The van der Waals surface area contributed by atoms with Crippen molar-refractivity contribution in [2.45, 2.75) is 33.4 Å². The second-order valence-corrected chi connectivity index (χ2v) is 9.14. The molecule has 0 aliphatic carbocycles. The highest BCUT2D eigenvalue weighted by Crippen LogP contribution is 2.27. The van der Waals surface area contributed by atoms with Crippen molar-refractivity contribution in [2.24, 2.45) is 5.92 Å². The molecule has 0 unspecified atom stereocenters. The molecule has 0 heterocycles. The monoisotopic (exact) mass is 490 g/mol. The lowest BCUT2D eigenvalue weighted by molar-refractivity contribution is -0.116. The summed E-state index contributed by atoms with van der Waals surface area (Å²) in [7, 11) is 0. The molecule has 3 aromatic rings. The third-order valence-corrected chi connectivity index (χ3v) is 5.47. The third kappa shape index (κ3) is 7.33. The van der Waals surface area contributed by atoms with Crippen LogP contribution in [0, 0.1) is 5.92 Å². The molecule has 0 aromatic heterocycles. The Labute approximate surface area is 203 Å². The third-order valence-electron chi connectivity index (χ3n) is 4.64. The molecular formula is C25H25Cl3N2O2. The van der Waals surface area contributed by atoms with Crippen LogP contribution in [0.25, 0.3) is 0 Å². The van der Waals surface area contributed by atoms with Crippen molar-refractivity contribution in [2.75, 3.05) is 10.6 Å². The van der Waals surface area contributed by atoms with Gasteiger partial charge in [-0.05, 0) is 54.4 Å². The van der Waals surface area contributed by atoms with Crippen LogP contribution in [0.1, 0.15) is 31.4 Å². The second-order valence-electron chi connectivity index (χ2n) is 7.86. The standard InChI is InChI=1S/C25H25Cl3N2O2/c1-16(2)10-25(31)30-22-5-3-4-21(13-22)29-14-18-11-19(26)8-9-24(18)32-15-17-6-7-20(27)12-23(17)28/h3-9,11-13,16,29H,10,14-15H2,1-2H3,(H,30,31). The molecule has 0 fully saturated rings. The Balaban J connectivity index is 1.66. The average Bonchev–Trinajstić information content (AvgIpc) is 2.72. The molecule has 0 atom stereocenters. The summed E-state index contributed by atoms with van der Waals surface area (Å²) in [5.74, 6) is 1.01. The van der Waals surface area contributed by atoms with Crippen LogP contribution in [-0.2, 0) is 17.9 Å². The lowest BCUT2D eigenvalue weighted by atomic mass is 10.1. The number of nitrogens with one attached hydrogen (secondary N) is 2. The minimum atomic E-state index is 0.00328. The Hall–Kier alpha value is -2.40. The molecular weight excluding hydrogens is 467 g/mol. The number of hydrogen-bond acceptors (Lipinski definition) is 3. The molecule has 0 spiro atoms. The highest BCUT2D eigenvalue weighted by molar-refractivity contribution is 6.35. The predicted molar refractivity (Wildman–Crippen MR) is 134 cm³/mol. The Morgan fingerprint density at radius 3 is 2.38 bits per heavy atom. The Bertz CT molecular complexity index is 1090. The number of hydrogen-bond donors (Lipinski definition) is 2. The summed E-state index contributed by atoms with van der Waals surface area (Å²) in [5.41, 5.74) is 3.37. The summed E-state index contributed by atoms with van der Waals surface area (Å²) in [6.45, 7) is 4.84. The van der Waals surface area contributed by atoms with Gasteiger partial charge < -0.3 is 15.4 Å². The van der Waals surface area contributed by atoms with Gasteiger partial charge in [0, 0.05) is 50.5 Å². The average molecular weight is 492 g/mol. The first-order valence-corrected chi connectivity index (χ1v) is 11.4. The van der Waals surface area contributed by atoms with Gasteiger partial charge in [-0.15, -0.1) is 0 Å². The molecule has 168 valence electrons. The van der Waals surface area contributed by atoms with Crippen LogP contribution >= 0.6 is 34.8 Å². The quantitative estimate of drug-likeness (QED) is 0.321. The zero-order valence-corrected chi connectivity index (χ0v) is 20.2. The summed E-state index contributed by atoms with van der Waals surface area (Å²) in [5, 5.41) is 8.06. The van der Waals surface area contributed by atoms with Crippen molar-refractivity contribution >= 4 is 52.1 Å². The lowest BCUT2D eigenvalue weighted by Crippen LogP contribution is -2.14. The fourth-order valence-corrected chi connectivity index (χ4v) is 3.77. The molecule has 0 radical (unpaired) electrons. The van der Waals surface area contributed by atoms with E-state index in [1.54, 1.807) is 18.2 Å². The summed E-state index contributed by atoms with van der Waals surface area (Å²) in [6.07, 6.45) is 0.485. The SMILES string of the molecule is CC(C)CC(=O)Nc1cccc(NCc2cc(Cl)ccc2OCc2ccc(Cl)cc2Cl)c1. The summed E-state index contributed by atoms with van der Waals surface area (Å²) >= 11 is 18.4. The number of carbonyl (C=O) groups is 1. The number of anilines is 2. The van der Waals surface area contributed by atoms with Crippen LogP contribution < -0.4 is 15.4 Å². The van der Waals surface area contributed by atoms with E-state index in [0.29, 0.717) is 46.3 Å². The van der Waals surface area contributed by atoms with E-state index < -0.39 is 0 Å². The van der Waals surface area contributed by atoms with Gasteiger partial charge in [-0.25, -0.2) is 0 Å². The zero-order chi connectivity index (χ0) is 23.1. The molecule has 3 rings (SSSR count). The van der Waals surface area contributed by atoms with E-state index in [4.69, 9.17) is 39.5 Å². The molecule has 4 nitrogen and oxygen atoms in total. The van der Waals surface area contributed by atoms with Crippen molar-refractivity contribution in [1.29, 1.82) is 0 Å². The Morgan fingerprint density at radius 2 is 1.62 bits per heavy atom. The topological polar surface area (TPSA) is 50.4 Å². The van der Waals surface area contributed by atoms with Gasteiger partial charge in [0.25, 0.3) is 0 Å². The van der Waals surface area contributed by atoms with Crippen LogP contribution in [-0.4, -0.2) is 5.91 Å². The van der Waals surface area contributed by atoms with E-state index in [-0.39, 0.29) is 5.91 Å². The van der Waals surface area contributed by atoms with E-state index in [2.05, 4.69) is 10.6 Å². The molecule has 0 bridgehead atoms. The van der Waals surface area contributed by atoms with Gasteiger partial charge in [0.2, 0.25) is 5.91 Å². The first kappa shape index (κ1) is 24.2. The Kier molecular flexibility index (Phi) is 8.68. The van der Waals surface area contributed by atoms with Gasteiger partial charge in [0.1, 0.15) is 12.4 Å². The second kappa shape index (κ2) is 11.5. The molecule has 0 aliphatic heterocycles. The van der Waals surface area contributed by atoms with Crippen LogP contribution in [0.4, 0.5) is 11.4 Å². The number of rotatable bonds is 9. The molecule has 2 N–H and O–H groups in total. The molecule has 32 heavy (non-hydrogen) atoms. The fraction of sp³-hybridized carbons (Fsp3) is 0.240. The predicted octanol–water partition coefficient (Wildman–Crippen LogP) is 7.82. The van der Waals surface area contributed by atoms with Gasteiger partial charge in [0.15, 0.2) is 0 Å². The summed E-state index contributed by atoms with van der Waals surface area (Å²) in [4.78, 5) is 12.0. The van der Waals surface area contributed by atoms with E-state index in [1.807, 2.05) is 56.3 Å². The highest BCUT2D eigenvalue weighted by Gasteiger charge is 2.09. The van der Waals surface area contributed by atoms with Crippen LogP contribution in [0.5, 0.6) is 5.75 Å². The van der Waals surface area contributed by atoms with E-state index in [9.17, 15) is 4.79 Å². The Morgan fingerprint density at radius 1 is 0.906 bits per heavy atom.